The van der Waals surface area contributed by atoms with E-state index in [1.165, 1.54) is 11.1 Å². The molecule has 2 aromatic carbocycles. The van der Waals surface area contributed by atoms with Crippen molar-refractivity contribution in [1.29, 1.82) is 0 Å². The van der Waals surface area contributed by atoms with E-state index in [1.807, 2.05) is 36.3 Å². The lowest BCUT2D eigenvalue weighted by Crippen LogP contribution is -2.19. The lowest BCUT2D eigenvalue weighted by atomic mass is 10.1. The van der Waals surface area contributed by atoms with E-state index in [9.17, 15) is 0 Å². The molecule has 0 saturated heterocycles. The molecule has 0 bridgehead atoms. The van der Waals surface area contributed by atoms with Crippen LogP contribution in [0.25, 0.3) is 11.1 Å². The predicted octanol–water partition coefficient (Wildman–Crippen LogP) is 3.15. The molecule has 1 N–H and O–H groups in total. The van der Waals surface area contributed by atoms with Crippen molar-refractivity contribution in [1.82, 2.24) is 15.1 Å². The van der Waals surface area contributed by atoms with Gasteiger partial charge >= 0.3 is 0 Å². The summed E-state index contributed by atoms with van der Waals surface area (Å²) in [6.07, 6.45) is 3.92. The molecule has 0 amide bonds. The van der Waals surface area contributed by atoms with Crippen LogP contribution in [0.2, 0.25) is 0 Å². The zero-order valence-corrected chi connectivity index (χ0v) is 14.2. The standard InChI is InChI=1S/C20H21N3O2/c1-23-14-18(13-22-23)16-5-2-4-15(10-16)11-21-12-17-6-3-7-19-20(17)25-9-8-24-19/h2-7,10,13-14,21H,8-9,11-12H2,1H3. The molecular weight excluding hydrogens is 314 g/mol. The summed E-state index contributed by atoms with van der Waals surface area (Å²) in [4.78, 5) is 0. The van der Waals surface area contributed by atoms with Crippen LogP contribution < -0.4 is 14.8 Å². The minimum atomic E-state index is 0.608. The highest BCUT2D eigenvalue weighted by Crippen LogP contribution is 2.33. The van der Waals surface area contributed by atoms with Gasteiger partial charge in [-0.2, -0.15) is 5.10 Å². The summed E-state index contributed by atoms with van der Waals surface area (Å²) in [6, 6.07) is 14.6. The smallest absolute Gasteiger partial charge is 0.165 e. The van der Waals surface area contributed by atoms with Crippen molar-refractivity contribution in [3.63, 3.8) is 0 Å². The van der Waals surface area contributed by atoms with Crippen LogP contribution in [0.4, 0.5) is 0 Å². The minimum Gasteiger partial charge on any atom is -0.486 e. The van der Waals surface area contributed by atoms with Crippen molar-refractivity contribution in [2.75, 3.05) is 13.2 Å². The highest BCUT2D eigenvalue weighted by molar-refractivity contribution is 5.62. The fourth-order valence-corrected chi connectivity index (χ4v) is 3.05. The van der Waals surface area contributed by atoms with Gasteiger partial charge in [-0.1, -0.05) is 30.3 Å². The molecule has 2 heterocycles. The first kappa shape index (κ1) is 15.7. The number of hydrogen-bond acceptors (Lipinski definition) is 4. The molecule has 1 aromatic heterocycles. The lowest BCUT2D eigenvalue weighted by Gasteiger charge is -2.21. The summed E-state index contributed by atoms with van der Waals surface area (Å²) in [6.45, 7) is 2.75. The van der Waals surface area contributed by atoms with Crippen LogP contribution in [0.15, 0.2) is 54.9 Å². The molecule has 5 nitrogen and oxygen atoms in total. The van der Waals surface area contributed by atoms with Crippen molar-refractivity contribution >= 4 is 0 Å². The van der Waals surface area contributed by atoms with Crippen LogP contribution in [0.5, 0.6) is 11.5 Å². The summed E-state index contributed by atoms with van der Waals surface area (Å²) >= 11 is 0. The van der Waals surface area contributed by atoms with Crippen molar-refractivity contribution in [3.05, 3.63) is 66.0 Å². The molecule has 3 aromatic rings. The average molecular weight is 335 g/mol. The Morgan fingerprint density at radius 2 is 1.92 bits per heavy atom. The molecule has 25 heavy (non-hydrogen) atoms. The fraction of sp³-hybridized carbons (Fsp3) is 0.250. The van der Waals surface area contributed by atoms with E-state index < -0.39 is 0 Å². The zero-order valence-electron chi connectivity index (χ0n) is 14.2. The van der Waals surface area contributed by atoms with E-state index >= 15 is 0 Å². The number of para-hydroxylation sites is 1. The topological polar surface area (TPSA) is 48.3 Å². The van der Waals surface area contributed by atoms with Gasteiger partial charge in [0.1, 0.15) is 13.2 Å². The van der Waals surface area contributed by atoms with Gasteiger partial charge in [0.15, 0.2) is 11.5 Å². The fourth-order valence-electron chi connectivity index (χ4n) is 3.05. The first-order valence-corrected chi connectivity index (χ1v) is 8.46. The maximum Gasteiger partial charge on any atom is 0.165 e. The van der Waals surface area contributed by atoms with Gasteiger partial charge in [-0.15, -0.1) is 0 Å². The number of fused-ring (bicyclic) bond motifs is 1. The van der Waals surface area contributed by atoms with Crippen molar-refractivity contribution in [3.8, 4) is 22.6 Å². The number of benzene rings is 2. The molecule has 0 unspecified atom stereocenters. The van der Waals surface area contributed by atoms with Crippen LogP contribution in [-0.2, 0) is 20.1 Å². The van der Waals surface area contributed by atoms with Gasteiger partial charge in [0, 0.05) is 37.5 Å². The third kappa shape index (κ3) is 3.51. The minimum absolute atomic E-state index is 0.608. The first-order valence-electron chi connectivity index (χ1n) is 8.46. The monoisotopic (exact) mass is 335 g/mol. The Morgan fingerprint density at radius 1 is 1.04 bits per heavy atom. The van der Waals surface area contributed by atoms with Gasteiger partial charge in [-0.25, -0.2) is 0 Å². The lowest BCUT2D eigenvalue weighted by molar-refractivity contribution is 0.169. The molecule has 1 aliphatic heterocycles. The molecule has 5 heteroatoms. The molecule has 0 atom stereocenters. The van der Waals surface area contributed by atoms with Gasteiger partial charge in [0.2, 0.25) is 0 Å². The van der Waals surface area contributed by atoms with Gasteiger partial charge < -0.3 is 14.8 Å². The average Bonchev–Trinajstić information content (AvgIpc) is 3.09. The van der Waals surface area contributed by atoms with Crippen LogP contribution in [0.1, 0.15) is 11.1 Å². The van der Waals surface area contributed by atoms with E-state index in [0.29, 0.717) is 13.2 Å². The maximum absolute atomic E-state index is 5.76. The highest BCUT2D eigenvalue weighted by atomic mass is 16.6. The summed E-state index contributed by atoms with van der Waals surface area (Å²) in [5.41, 5.74) is 4.68. The maximum atomic E-state index is 5.76. The van der Waals surface area contributed by atoms with Crippen LogP contribution in [0, 0.1) is 0 Å². The molecule has 0 saturated carbocycles. The Kier molecular flexibility index (Phi) is 4.39. The Morgan fingerprint density at radius 3 is 2.80 bits per heavy atom. The molecule has 128 valence electrons. The largest absolute Gasteiger partial charge is 0.486 e. The summed E-state index contributed by atoms with van der Waals surface area (Å²) in [5, 5.41) is 7.74. The number of nitrogens with one attached hydrogen (secondary N) is 1. The highest BCUT2D eigenvalue weighted by Gasteiger charge is 2.15. The van der Waals surface area contributed by atoms with Crippen molar-refractivity contribution < 1.29 is 9.47 Å². The van der Waals surface area contributed by atoms with Crippen LogP contribution in [-0.4, -0.2) is 23.0 Å². The second-order valence-corrected chi connectivity index (χ2v) is 6.15. The molecular formula is C20H21N3O2. The Bertz CT molecular complexity index is 873. The second-order valence-electron chi connectivity index (χ2n) is 6.15. The third-order valence-corrected chi connectivity index (χ3v) is 4.26. The van der Waals surface area contributed by atoms with E-state index in [1.54, 1.807) is 0 Å². The van der Waals surface area contributed by atoms with Gasteiger partial charge in [-0.3, -0.25) is 4.68 Å². The Balaban J connectivity index is 1.42. The van der Waals surface area contributed by atoms with Gasteiger partial charge in [0.05, 0.1) is 6.20 Å². The molecule has 1 aliphatic rings. The molecule has 0 radical (unpaired) electrons. The number of aromatic nitrogens is 2. The Hall–Kier alpha value is -2.79. The summed E-state index contributed by atoms with van der Waals surface area (Å²) < 4.78 is 13.2. The molecule has 0 aliphatic carbocycles. The van der Waals surface area contributed by atoms with Crippen LogP contribution in [0.3, 0.4) is 0 Å². The van der Waals surface area contributed by atoms with E-state index in [4.69, 9.17) is 9.47 Å². The number of ether oxygens (including phenoxy) is 2. The normalized spacial score (nSPS) is 13.0. The SMILES string of the molecule is Cn1cc(-c2cccc(CNCc3cccc4c3OCCO4)c2)cn1. The van der Waals surface area contributed by atoms with Crippen molar-refractivity contribution in [2.24, 2.45) is 7.05 Å². The van der Waals surface area contributed by atoms with Gasteiger partial charge in [0.25, 0.3) is 0 Å². The number of aryl methyl sites for hydroxylation is 1. The summed E-state index contributed by atoms with van der Waals surface area (Å²) in [7, 11) is 1.93. The first-order chi connectivity index (χ1) is 12.3. The zero-order chi connectivity index (χ0) is 17.1. The number of nitrogens with zero attached hydrogens (tertiary/aromatic N) is 2. The molecule has 0 spiro atoms. The quantitative estimate of drug-likeness (QED) is 0.778. The summed E-state index contributed by atoms with van der Waals surface area (Å²) in [5.74, 6) is 1.70. The van der Waals surface area contributed by atoms with E-state index in [0.717, 1.165) is 35.7 Å². The van der Waals surface area contributed by atoms with Crippen molar-refractivity contribution in [2.45, 2.75) is 13.1 Å². The second kappa shape index (κ2) is 6.99. The third-order valence-electron chi connectivity index (χ3n) is 4.26. The molecule has 0 fully saturated rings. The predicted molar refractivity (Wildman–Crippen MR) is 96.6 cm³/mol. The van der Waals surface area contributed by atoms with E-state index in [2.05, 4.69) is 40.7 Å². The van der Waals surface area contributed by atoms with E-state index in [-0.39, 0.29) is 0 Å². The Labute approximate surface area is 147 Å². The number of hydrogen-bond donors (Lipinski definition) is 1. The van der Waals surface area contributed by atoms with Crippen LogP contribution >= 0.6 is 0 Å². The number of rotatable bonds is 5. The van der Waals surface area contributed by atoms with Gasteiger partial charge in [-0.05, 0) is 23.3 Å². The molecule has 4 rings (SSSR count).